The molecular formula is C30H28N2O6S2. The lowest BCUT2D eigenvalue weighted by Gasteiger charge is -2.26. The highest BCUT2D eigenvalue weighted by Gasteiger charge is 2.35. The lowest BCUT2D eigenvalue weighted by Crippen LogP contribution is -2.40. The van der Waals surface area contributed by atoms with E-state index in [0.29, 0.717) is 42.9 Å². The van der Waals surface area contributed by atoms with E-state index in [-0.39, 0.29) is 17.2 Å². The maximum absolute atomic E-state index is 13.9. The zero-order valence-corrected chi connectivity index (χ0v) is 24.3. The van der Waals surface area contributed by atoms with Crippen LogP contribution in [0, 0.1) is 0 Å². The zero-order chi connectivity index (χ0) is 28.4. The third-order valence-electron chi connectivity index (χ3n) is 6.15. The summed E-state index contributed by atoms with van der Waals surface area (Å²) in [5, 5.41) is 0.707. The number of ether oxygens (including phenoxy) is 3. The Kier molecular flexibility index (Phi) is 7.99. The van der Waals surface area contributed by atoms with Crippen LogP contribution in [-0.4, -0.2) is 30.9 Å². The van der Waals surface area contributed by atoms with Crippen molar-refractivity contribution in [3.05, 3.63) is 103 Å². The number of rotatable bonds is 8. The fourth-order valence-corrected chi connectivity index (χ4v) is 6.23. The highest BCUT2D eigenvalue weighted by atomic mass is 32.2. The van der Waals surface area contributed by atoms with Crippen molar-refractivity contribution in [3.8, 4) is 11.5 Å². The van der Waals surface area contributed by atoms with Gasteiger partial charge in [0.15, 0.2) is 9.89 Å². The van der Waals surface area contributed by atoms with Gasteiger partial charge >= 0.3 is 5.97 Å². The van der Waals surface area contributed by atoms with Crippen LogP contribution in [0.3, 0.4) is 0 Å². The van der Waals surface area contributed by atoms with Gasteiger partial charge in [0.05, 0.1) is 36.1 Å². The third kappa shape index (κ3) is 5.50. The van der Waals surface area contributed by atoms with E-state index in [1.165, 1.54) is 27.7 Å². The summed E-state index contributed by atoms with van der Waals surface area (Å²) in [4.78, 5) is 33.5. The van der Waals surface area contributed by atoms with Crippen LogP contribution in [0.25, 0.3) is 6.08 Å². The van der Waals surface area contributed by atoms with E-state index in [1.54, 1.807) is 59.3 Å². The molecule has 40 heavy (non-hydrogen) atoms. The van der Waals surface area contributed by atoms with Crippen LogP contribution in [0.5, 0.6) is 11.5 Å². The summed E-state index contributed by atoms with van der Waals surface area (Å²) in [7, 11) is 3.10. The number of carbonyl (C=O) groups excluding carboxylic acids is 1. The Balaban J connectivity index is 1.64. The Hall–Kier alpha value is -4.02. The van der Waals surface area contributed by atoms with Gasteiger partial charge in [0, 0.05) is 16.5 Å². The molecule has 1 aliphatic rings. The molecule has 0 radical (unpaired) electrons. The van der Waals surface area contributed by atoms with E-state index in [0.717, 1.165) is 4.90 Å². The van der Waals surface area contributed by atoms with E-state index in [4.69, 9.17) is 18.6 Å². The molecule has 2 aromatic carbocycles. The summed E-state index contributed by atoms with van der Waals surface area (Å²) < 4.78 is 24.6. The van der Waals surface area contributed by atoms with Gasteiger partial charge in [-0.2, -0.15) is 0 Å². The molecule has 0 fully saturated rings. The highest BCUT2D eigenvalue weighted by Crippen LogP contribution is 2.38. The van der Waals surface area contributed by atoms with Crippen LogP contribution < -0.4 is 24.4 Å². The molecule has 2 aromatic heterocycles. The standard InChI is InChI=1S/C30H28N2O6S2/c1-17(2)37-29(34)26-18(3)31-30-32(27(26)22-15-19(35-4)11-13-23(22)36-5)28(33)24(40-30)16-20-12-14-25(38-20)39-21-9-7-6-8-10-21/h6-17,27H,1-5H3/b24-16+. The van der Waals surface area contributed by atoms with Crippen LogP contribution in [0.4, 0.5) is 0 Å². The number of fused-ring (bicyclic) bond motifs is 1. The van der Waals surface area contributed by atoms with Crippen molar-refractivity contribution in [3.63, 3.8) is 0 Å². The number of aromatic nitrogens is 1. The van der Waals surface area contributed by atoms with Gasteiger partial charge in [-0.1, -0.05) is 41.3 Å². The Bertz CT molecular complexity index is 1770. The van der Waals surface area contributed by atoms with Gasteiger partial charge in [-0.05, 0) is 63.2 Å². The van der Waals surface area contributed by atoms with Crippen LogP contribution in [0.15, 0.2) is 96.1 Å². The largest absolute Gasteiger partial charge is 0.497 e. The molecule has 0 saturated heterocycles. The van der Waals surface area contributed by atoms with Gasteiger partial charge < -0.3 is 18.6 Å². The van der Waals surface area contributed by atoms with Gasteiger partial charge in [-0.25, -0.2) is 9.79 Å². The first-order chi connectivity index (χ1) is 19.3. The Morgan fingerprint density at radius 1 is 1.10 bits per heavy atom. The number of nitrogens with zero attached hydrogens (tertiary/aromatic N) is 2. The zero-order valence-electron chi connectivity index (χ0n) is 22.7. The molecule has 206 valence electrons. The second-order valence-corrected chi connectivity index (χ2v) is 11.3. The van der Waals surface area contributed by atoms with Crippen LogP contribution in [0.2, 0.25) is 0 Å². The number of esters is 1. The van der Waals surface area contributed by atoms with Gasteiger partial charge in [0.2, 0.25) is 0 Å². The van der Waals surface area contributed by atoms with E-state index in [2.05, 4.69) is 4.99 Å². The Morgan fingerprint density at radius 2 is 1.88 bits per heavy atom. The molecule has 0 amide bonds. The minimum absolute atomic E-state index is 0.263. The molecule has 0 aliphatic carbocycles. The molecule has 1 aliphatic heterocycles. The van der Waals surface area contributed by atoms with Gasteiger partial charge in [0.1, 0.15) is 23.3 Å². The topological polar surface area (TPSA) is 92.3 Å². The molecule has 3 heterocycles. The summed E-state index contributed by atoms with van der Waals surface area (Å²) >= 11 is 2.72. The number of hydrogen-bond donors (Lipinski definition) is 0. The molecule has 10 heteroatoms. The third-order valence-corrected chi connectivity index (χ3v) is 8.06. The molecule has 0 saturated carbocycles. The van der Waals surface area contributed by atoms with Crippen molar-refractivity contribution >= 4 is 35.1 Å². The van der Waals surface area contributed by atoms with E-state index in [9.17, 15) is 9.59 Å². The fraction of sp³-hybridized carbons (Fsp3) is 0.233. The maximum Gasteiger partial charge on any atom is 0.338 e. The second kappa shape index (κ2) is 11.6. The molecule has 0 N–H and O–H groups in total. The number of benzene rings is 2. The lowest BCUT2D eigenvalue weighted by molar-refractivity contribution is -0.143. The molecule has 4 aromatic rings. The average molecular weight is 577 g/mol. The van der Waals surface area contributed by atoms with Crippen LogP contribution in [-0.2, 0) is 9.53 Å². The number of hydrogen-bond acceptors (Lipinski definition) is 9. The number of thiazole rings is 1. The summed E-state index contributed by atoms with van der Waals surface area (Å²) in [6, 6.07) is 18.0. The molecule has 0 spiro atoms. The van der Waals surface area contributed by atoms with E-state index < -0.39 is 12.0 Å². The highest BCUT2D eigenvalue weighted by molar-refractivity contribution is 7.99. The molecule has 1 atom stereocenters. The average Bonchev–Trinajstić information content (AvgIpc) is 3.50. The number of methoxy groups -OCH3 is 2. The smallest absolute Gasteiger partial charge is 0.338 e. The molecule has 0 bridgehead atoms. The van der Waals surface area contributed by atoms with Crippen molar-refractivity contribution < 1.29 is 23.4 Å². The predicted octanol–water partition coefficient (Wildman–Crippen LogP) is 4.95. The first-order valence-electron chi connectivity index (χ1n) is 12.6. The van der Waals surface area contributed by atoms with Gasteiger partial charge in [-0.15, -0.1) is 0 Å². The van der Waals surface area contributed by atoms with Crippen molar-refractivity contribution in [2.75, 3.05) is 14.2 Å². The first kappa shape index (κ1) is 27.5. The van der Waals surface area contributed by atoms with Crippen molar-refractivity contribution in [2.45, 2.75) is 42.9 Å². The number of furan rings is 1. The van der Waals surface area contributed by atoms with Gasteiger partial charge in [-0.3, -0.25) is 9.36 Å². The SMILES string of the molecule is COc1ccc(OC)c(C2C(C(=O)OC(C)C)=C(C)N=c3s/c(=C/c4ccc(Sc5ccccc5)o4)c(=O)n32)c1. The molecule has 5 rings (SSSR count). The fourth-order valence-electron chi connectivity index (χ4n) is 4.41. The summed E-state index contributed by atoms with van der Waals surface area (Å²) in [6.45, 7) is 5.29. The normalized spacial score (nSPS) is 15.2. The predicted molar refractivity (Wildman–Crippen MR) is 154 cm³/mol. The minimum atomic E-state index is -0.838. The van der Waals surface area contributed by atoms with Gasteiger partial charge in [0.25, 0.3) is 5.56 Å². The molecular weight excluding hydrogens is 548 g/mol. The number of carbonyl (C=O) groups is 1. The van der Waals surface area contributed by atoms with Crippen molar-refractivity contribution in [2.24, 2.45) is 4.99 Å². The van der Waals surface area contributed by atoms with Crippen molar-refractivity contribution in [1.29, 1.82) is 0 Å². The minimum Gasteiger partial charge on any atom is -0.497 e. The first-order valence-corrected chi connectivity index (χ1v) is 14.2. The van der Waals surface area contributed by atoms with Crippen molar-refractivity contribution in [1.82, 2.24) is 4.57 Å². The lowest BCUT2D eigenvalue weighted by atomic mass is 9.94. The molecule has 1 unspecified atom stereocenters. The monoisotopic (exact) mass is 576 g/mol. The van der Waals surface area contributed by atoms with E-state index >= 15 is 0 Å². The number of allylic oxidation sites excluding steroid dienone is 1. The summed E-state index contributed by atoms with van der Waals surface area (Å²) in [6.07, 6.45) is 1.34. The Morgan fingerprint density at radius 3 is 2.58 bits per heavy atom. The maximum atomic E-state index is 13.9. The Labute approximate surface area is 239 Å². The van der Waals surface area contributed by atoms with E-state index in [1.807, 2.05) is 42.5 Å². The molecule has 8 nitrogen and oxygen atoms in total. The summed E-state index contributed by atoms with van der Waals surface area (Å²) in [5.41, 5.74) is 1.00. The van der Waals surface area contributed by atoms with Crippen LogP contribution in [0.1, 0.15) is 38.1 Å². The van der Waals surface area contributed by atoms with Crippen LogP contribution >= 0.6 is 23.1 Å². The summed E-state index contributed by atoms with van der Waals surface area (Å²) in [5.74, 6) is 1.05. The quantitative estimate of drug-likeness (QED) is 0.274. The second-order valence-electron chi connectivity index (χ2n) is 9.22.